The largest absolute Gasteiger partial charge is 0.378 e. The number of hydrogen-bond donors (Lipinski definition) is 0. The third-order valence-electron chi connectivity index (χ3n) is 7.64. The van der Waals surface area contributed by atoms with Gasteiger partial charge in [0.1, 0.15) is 0 Å². The number of nitriles is 1. The van der Waals surface area contributed by atoms with Gasteiger partial charge in [-0.3, -0.25) is 0 Å². The Balaban J connectivity index is 1.55. The van der Waals surface area contributed by atoms with Crippen LogP contribution in [0.25, 0.3) is 0 Å². The van der Waals surface area contributed by atoms with Gasteiger partial charge in [-0.25, -0.2) is 0 Å². The number of hydrogen-bond acceptors (Lipinski definition) is 2. The summed E-state index contributed by atoms with van der Waals surface area (Å²) in [5.41, 5.74) is -0.0375. The Morgan fingerprint density at radius 3 is 2.04 bits per heavy atom. The molecule has 0 N–H and O–H groups in total. The molecule has 2 rings (SSSR count). The first-order valence-corrected chi connectivity index (χ1v) is 12.7. The van der Waals surface area contributed by atoms with Gasteiger partial charge in [0.05, 0.1) is 17.6 Å². The fourth-order valence-corrected chi connectivity index (χ4v) is 5.44. The Hall–Kier alpha value is -0.550. The molecule has 2 nitrogen and oxygen atoms in total. The zero-order chi connectivity index (χ0) is 20.1. The van der Waals surface area contributed by atoms with Crippen LogP contribution >= 0.6 is 0 Å². The van der Waals surface area contributed by atoms with Crippen LogP contribution in [0.2, 0.25) is 0 Å². The predicted molar refractivity (Wildman–Crippen MR) is 119 cm³/mol. The lowest BCUT2D eigenvalue weighted by Gasteiger charge is -2.36. The Labute approximate surface area is 175 Å². The second-order valence-corrected chi connectivity index (χ2v) is 9.97. The van der Waals surface area contributed by atoms with Crippen molar-refractivity contribution in [3.63, 3.8) is 0 Å². The Bertz CT molecular complexity index is 424. The number of rotatable bonds is 13. The number of ether oxygens (including phenoxy) is 1. The highest BCUT2D eigenvalue weighted by molar-refractivity contribution is 5.01. The van der Waals surface area contributed by atoms with Gasteiger partial charge in [0, 0.05) is 6.61 Å². The summed E-state index contributed by atoms with van der Waals surface area (Å²) < 4.78 is 6.34. The minimum absolute atomic E-state index is 0.0375. The van der Waals surface area contributed by atoms with Gasteiger partial charge < -0.3 is 4.74 Å². The molecule has 0 unspecified atom stereocenters. The van der Waals surface area contributed by atoms with Crippen molar-refractivity contribution in [2.24, 2.45) is 17.3 Å². The summed E-state index contributed by atoms with van der Waals surface area (Å²) in [6, 6.07) is 2.68. The summed E-state index contributed by atoms with van der Waals surface area (Å²) in [6.07, 6.45) is 23.8. The van der Waals surface area contributed by atoms with E-state index in [0.717, 1.165) is 50.5 Å². The molecule has 28 heavy (non-hydrogen) atoms. The van der Waals surface area contributed by atoms with E-state index in [4.69, 9.17) is 4.74 Å². The summed E-state index contributed by atoms with van der Waals surface area (Å²) in [7, 11) is 0. The molecule has 2 heteroatoms. The number of unbranched alkanes of at least 4 members (excludes halogenated alkanes) is 6. The maximum atomic E-state index is 9.70. The average molecular weight is 390 g/mol. The van der Waals surface area contributed by atoms with Crippen LogP contribution in [0.15, 0.2) is 0 Å². The quantitative estimate of drug-likeness (QED) is 0.297. The van der Waals surface area contributed by atoms with Crippen molar-refractivity contribution in [3.05, 3.63) is 0 Å². The maximum Gasteiger partial charge on any atom is 0.0689 e. The van der Waals surface area contributed by atoms with Crippen molar-refractivity contribution < 1.29 is 4.74 Å². The highest BCUT2D eigenvalue weighted by Gasteiger charge is 2.35. The molecule has 2 aliphatic carbocycles. The van der Waals surface area contributed by atoms with E-state index >= 15 is 0 Å². The lowest BCUT2D eigenvalue weighted by Crippen LogP contribution is -2.31. The molecule has 0 atom stereocenters. The first-order valence-electron chi connectivity index (χ1n) is 12.7. The molecule has 0 amide bonds. The van der Waals surface area contributed by atoms with E-state index in [-0.39, 0.29) is 5.41 Å². The van der Waals surface area contributed by atoms with Gasteiger partial charge in [-0.05, 0) is 56.8 Å². The van der Waals surface area contributed by atoms with E-state index in [2.05, 4.69) is 19.9 Å². The van der Waals surface area contributed by atoms with E-state index in [1.807, 2.05) is 0 Å². The zero-order valence-corrected chi connectivity index (χ0v) is 19.0. The summed E-state index contributed by atoms with van der Waals surface area (Å²) in [6.45, 7) is 5.51. The van der Waals surface area contributed by atoms with Crippen LogP contribution in [0, 0.1) is 28.6 Å². The topological polar surface area (TPSA) is 33.0 Å². The van der Waals surface area contributed by atoms with E-state index in [9.17, 15) is 5.26 Å². The average Bonchev–Trinajstić information content (AvgIpc) is 2.74. The summed E-state index contributed by atoms with van der Waals surface area (Å²) >= 11 is 0. The van der Waals surface area contributed by atoms with Crippen molar-refractivity contribution in [2.45, 2.75) is 136 Å². The molecule has 0 aromatic carbocycles. The molecule has 2 fully saturated rings. The van der Waals surface area contributed by atoms with Crippen LogP contribution in [-0.4, -0.2) is 12.7 Å². The molecule has 0 heterocycles. The third kappa shape index (κ3) is 8.44. The van der Waals surface area contributed by atoms with Gasteiger partial charge in [0.15, 0.2) is 0 Å². The standard InChI is InChI=1S/C26H47NO/c1-3-5-7-8-9-11-23-12-14-24(15-13-23)21-28-25-16-19-26(22-27,20-17-25)18-10-6-4-2/h23-25H,3-21H2,1-2H3. The molecule has 0 saturated heterocycles. The lowest BCUT2D eigenvalue weighted by atomic mass is 9.71. The van der Waals surface area contributed by atoms with Crippen molar-refractivity contribution in [3.8, 4) is 6.07 Å². The minimum Gasteiger partial charge on any atom is -0.378 e. The lowest BCUT2D eigenvalue weighted by molar-refractivity contribution is -0.0185. The predicted octanol–water partition coefficient (Wildman–Crippen LogP) is 8.20. The van der Waals surface area contributed by atoms with Gasteiger partial charge in [-0.2, -0.15) is 5.26 Å². The van der Waals surface area contributed by atoms with E-state index in [0.29, 0.717) is 6.10 Å². The van der Waals surface area contributed by atoms with Gasteiger partial charge in [0.25, 0.3) is 0 Å². The molecule has 0 aromatic heterocycles. The van der Waals surface area contributed by atoms with Crippen molar-refractivity contribution >= 4 is 0 Å². The summed E-state index contributed by atoms with van der Waals surface area (Å²) in [5.74, 6) is 1.79. The second kappa shape index (κ2) is 13.6. The van der Waals surface area contributed by atoms with Crippen molar-refractivity contribution in [2.75, 3.05) is 6.61 Å². The smallest absolute Gasteiger partial charge is 0.0689 e. The van der Waals surface area contributed by atoms with Crippen LogP contribution < -0.4 is 0 Å². The van der Waals surface area contributed by atoms with Crippen LogP contribution in [0.3, 0.4) is 0 Å². The van der Waals surface area contributed by atoms with Crippen LogP contribution in [0.4, 0.5) is 0 Å². The van der Waals surface area contributed by atoms with Crippen molar-refractivity contribution in [1.82, 2.24) is 0 Å². The van der Waals surface area contributed by atoms with E-state index in [1.54, 1.807) is 0 Å². The minimum atomic E-state index is -0.0375. The summed E-state index contributed by atoms with van der Waals surface area (Å²) in [5, 5.41) is 9.70. The molecular formula is C26H47NO. The molecular weight excluding hydrogens is 342 g/mol. The monoisotopic (exact) mass is 389 g/mol. The zero-order valence-electron chi connectivity index (χ0n) is 19.0. The van der Waals surface area contributed by atoms with E-state index in [1.165, 1.54) is 83.5 Å². The Morgan fingerprint density at radius 2 is 1.39 bits per heavy atom. The first kappa shape index (κ1) is 23.7. The second-order valence-electron chi connectivity index (χ2n) is 9.97. The molecule has 0 bridgehead atoms. The fourth-order valence-electron chi connectivity index (χ4n) is 5.44. The molecule has 162 valence electrons. The highest BCUT2D eigenvalue weighted by atomic mass is 16.5. The molecule has 2 saturated carbocycles. The van der Waals surface area contributed by atoms with Crippen LogP contribution in [0.1, 0.15) is 129 Å². The fraction of sp³-hybridized carbons (Fsp3) is 0.962. The normalized spacial score (nSPS) is 30.8. The van der Waals surface area contributed by atoms with Crippen molar-refractivity contribution in [1.29, 1.82) is 5.26 Å². The highest BCUT2D eigenvalue weighted by Crippen LogP contribution is 2.41. The molecule has 0 aliphatic heterocycles. The van der Waals surface area contributed by atoms with Crippen LogP contribution in [-0.2, 0) is 4.74 Å². The number of nitrogens with zero attached hydrogens (tertiary/aromatic N) is 1. The molecule has 0 radical (unpaired) electrons. The summed E-state index contributed by atoms with van der Waals surface area (Å²) in [4.78, 5) is 0. The van der Waals surface area contributed by atoms with E-state index < -0.39 is 0 Å². The maximum absolute atomic E-state index is 9.70. The van der Waals surface area contributed by atoms with Crippen LogP contribution in [0.5, 0.6) is 0 Å². The van der Waals surface area contributed by atoms with Gasteiger partial charge >= 0.3 is 0 Å². The van der Waals surface area contributed by atoms with Gasteiger partial charge in [-0.1, -0.05) is 84.5 Å². The molecule has 2 aliphatic rings. The molecule has 0 aromatic rings. The third-order valence-corrected chi connectivity index (χ3v) is 7.64. The Morgan fingerprint density at radius 1 is 0.786 bits per heavy atom. The molecule has 0 spiro atoms. The Kier molecular flexibility index (Phi) is 11.6. The first-order chi connectivity index (χ1) is 13.7. The van der Waals surface area contributed by atoms with Gasteiger partial charge in [-0.15, -0.1) is 0 Å². The van der Waals surface area contributed by atoms with Gasteiger partial charge in [0.2, 0.25) is 0 Å². The SMILES string of the molecule is CCCCCCCC1CCC(COC2CCC(C#N)(CCCCC)CC2)CC1.